The Morgan fingerprint density at radius 1 is 1.20 bits per heavy atom. The first-order valence-corrected chi connectivity index (χ1v) is 4.78. The summed E-state index contributed by atoms with van der Waals surface area (Å²) in [5, 5.41) is 0. The van der Waals surface area contributed by atoms with E-state index in [9.17, 15) is 4.79 Å². The average molecular weight is 200 g/mol. The van der Waals surface area contributed by atoms with Crippen LogP contribution in [0.4, 0.5) is 0 Å². The molecule has 15 heavy (non-hydrogen) atoms. The highest BCUT2D eigenvalue weighted by atomic mass is 16.1. The molecule has 3 nitrogen and oxygen atoms in total. The van der Waals surface area contributed by atoms with E-state index in [0.717, 1.165) is 11.3 Å². The predicted octanol–water partition coefficient (Wildman–Crippen LogP) is 1.82. The Bertz CT molecular complexity index is 443. The van der Waals surface area contributed by atoms with Crippen LogP contribution in [0.2, 0.25) is 0 Å². The van der Waals surface area contributed by atoms with Gasteiger partial charge in [-0.25, -0.2) is 0 Å². The van der Waals surface area contributed by atoms with Gasteiger partial charge >= 0.3 is 0 Å². The predicted molar refractivity (Wildman–Crippen MR) is 59.6 cm³/mol. The molecule has 1 heterocycles. The zero-order chi connectivity index (χ0) is 10.7. The van der Waals surface area contributed by atoms with Crippen LogP contribution in [0.3, 0.4) is 0 Å². The summed E-state index contributed by atoms with van der Waals surface area (Å²) < 4.78 is 0. The van der Waals surface area contributed by atoms with E-state index in [4.69, 9.17) is 5.73 Å². The van der Waals surface area contributed by atoms with E-state index in [1.54, 1.807) is 12.1 Å². The molecular weight excluding hydrogens is 188 g/mol. The fraction of sp³-hybridized carbons (Fsp3) is 0.0833. The van der Waals surface area contributed by atoms with E-state index < -0.39 is 0 Å². The molecule has 1 aromatic carbocycles. The molecule has 2 rings (SSSR count). The van der Waals surface area contributed by atoms with Crippen LogP contribution in [0.5, 0.6) is 0 Å². The van der Waals surface area contributed by atoms with Crippen molar-refractivity contribution in [3.05, 3.63) is 48.2 Å². The summed E-state index contributed by atoms with van der Waals surface area (Å²) in [6, 6.07) is 11.3. The second-order valence-corrected chi connectivity index (χ2v) is 3.29. The van der Waals surface area contributed by atoms with E-state index in [1.807, 2.05) is 30.5 Å². The zero-order valence-corrected chi connectivity index (χ0v) is 8.23. The van der Waals surface area contributed by atoms with Gasteiger partial charge in [0.25, 0.3) is 0 Å². The Morgan fingerprint density at radius 3 is 2.47 bits per heavy atom. The SMILES string of the molecule is NCC(=O)c1ccc(-c2ccc[nH]2)cc1. The fourth-order valence-electron chi connectivity index (χ4n) is 1.46. The Kier molecular flexibility index (Phi) is 2.65. The van der Waals surface area contributed by atoms with E-state index in [-0.39, 0.29) is 12.3 Å². The molecule has 0 fully saturated rings. The van der Waals surface area contributed by atoms with Gasteiger partial charge in [-0.15, -0.1) is 0 Å². The molecule has 0 aliphatic carbocycles. The van der Waals surface area contributed by atoms with Gasteiger partial charge in [-0.3, -0.25) is 4.79 Å². The number of benzene rings is 1. The van der Waals surface area contributed by atoms with Crippen molar-refractivity contribution in [2.45, 2.75) is 0 Å². The lowest BCUT2D eigenvalue weighted by atomic mass is 10.1. The zero-order valence-electron chi connectivity index (χ0n) is 8.23. The van der Waals surface area contributed by atoms with Gasteiger partial charge in [-0.2, -0.15) is 0 Å². The Hall–Kier alpha value is -1.87. The number of aromatic amines is 1. The fourth-order valence-corrected chi connectivity index (χ4v) is 1.46. The standard InChI is InChI=1S/C12H12N2O/c13-8-12(15)10-5-3-9(4-6-10)11-2-1-7-14-11/h1-7,14H,8,13H2. The minimum absolute atomic E-state index is 0.0342. The van der Waals surface area contributed by atoms with Gasteiger partial charge in [-0.1, -0.05) is 24.3 Å². The van der Waals surface area contributed by atoms with E-state index >= 15 is 0 Å². The minimum atomic E-state index is -0.0342. The molecule has 0 radical (unpaired) electrons. The number of H-pyrrole nitrogens is 1. The summed E-state index contributed by atoms with van der Waals surface area (Å²) in [7, 11) is 0. The largest absolute Gasteiger partial charge is 0.361 e. The summed E-state index contributed by atoms with van der Waals surface area (Å²) in [6.07, 6.45) is 1.87. The topological polar surface area (TPSA) is 58.9 Å². The highest BCUT2D eigenvalue weighted by molar-refractivity contribution is 5.97. The highest BCUT2D eigenvalue weighted by Gasteiger charge is 2.03. The summed E-state index contributed by atoms with van der Waals surface area (Å²) in [5.41, 5.74) is 8.05. The van der Waals surface area contributed by atoms with Crippen molar-refractivity contribution < 1.29 is 4.79 Å². The van der Waals surface area contributed by atoms with Crippen LogP contribution >= 0.6 is 0 Å². The third-order valence-corrected chi connectivity index (χ3v) is 2.30. The van der Waals surface area contributed by atoms with Crippen molar-refractivity contribution in [2.75, 3.05) is 6.54 Å². The number of nitrogens with one attached hydrogen (secondary N) is 1. The van der Waals surface area contributed by atoms with Gasteiger partial charge in [0.15, 0.2) is 5.78 Å². The van der Waals surface area contributed by atoms with Crippen molar-refractivity contribution in [1.29, 1.82) is 0 Å². The third-order valence-electron chi connectivity index (χ3n) is 2.30. The monoisotopic (exact) mass is 200 g/mol. The van der Waals surface area contributed by atoms with Crippen LogP contribution in [-0.4, -0.2) is 17.3 Å². The number of ketones is 1. The van der Waals surface area contributed by atoms with Crippen LogP contribution in [0.1, 0.15) is 10.4 Å². The molecule has 3 N–H and O–H groups in total. The van der Waals surface area contributed by atoms with Crippen molar-refractivity contribution in [3.63, 3.8) is 0 Å². The van der Waals surface area contributed by atoms with Crippen molar-refractivity contribution in [2.24, 2.45) is 5.73 Å². The van der Waals surface area contributed by atoms with Crippen LogP contribution in [0.15, 0.2) is 42.6 Å². The first kappa shape index (κ1) is 9.68. The lowest BCUT2D eigenvalue weighted by molar-refractivity contribution is 0.100. The quantitative estimate of drug-likeness (QED) is 0.742. The van der Waals surface area contributed by atoms with Gasteiger partial charge in [0, 0.05) is 17.5 Å². The number of hydrogen-bond donors (Lipinski definition) is 2. The van der Waals surface area contributed by atoms with Crippen LogP contribution in [0.25, 0.3) is 11.3 Å². The molecular formula is C12H12N2O. The van der Waals surface area contributed by atoms with E-state index in [1.165, 1.54) is 0 Å². The summed E-state index contributed by atoms with van der Waals surface area (Å²) >= 11 is 0. The Morgan fingerprint density at radius 2 is 1.93 bits per heavy atom. The lowest BCUT2D eigenvalue weighted by Crippen LogP contribution is -2.13. The van der Waals surface area contributed by atoms with Gasteiger partial charge in [0.05, 0.1) is 6.54 Å². The van der Waals surface area contributed by atoms with Gasteiger partial charge in [0.1, 0.15) is 0 Å². The number of rotatable bonds is 3. The van der Waals surface area contributed by atoms with E-state index in [2.05, 4.69) is 4.98 Å². The van der Waals surface area contributed by atoms with E-state index in [0.29, 0.717) is 5.56 Å². The first-order chi connectivity index (χ1) is 7.31. The Balaban J connectivity index is 2.29. The number of Topliss-reactive ketones (excluding diaryl/α,β-unsaturated/α-hetero) is 1. The maximum Gasteiger partial charge on any atom is 0.176 e. The van der Waals surface area contributed by atoms with Crippen LogP contribution < -0.4 is 5.73 Å². The molecule has 2 aromatic rings. The molecule has 0 aliphatic heterocycles. The highest BCUT2D eigenvalue weighted by Crippen LogP contribution is 2.17. The molecule has 0 aliphatic rings. The van der Waals surface area contributed by atoms with Gasteiger partial charge < -0.3 is 10.7 Å². The smallest absolute Gasteiger partial charge is 0.176 e. The summed E-state index contributed by atoms with van der Waals surface area (Å²) in [4.78, 5) is 14.4. The molecule has 0 saturated heterocycles. The number of nitrogens with two attached hydrogens (primary N) is 1. The number of aromatic nitrogens is 1. The van der Waals surface area contributed by atoms with Crippen LogP contribution in [0, 0.1) is 0 Å². The molecule has 76 valence electrons. The number of carbonyl (C=O) groups excluding carboxylic acids is 1. The number of hydrogen-bond acceptors (Lipinski definition) is 2. The molecule has 0 saturated carbocycles. The second kappa shape index (κ2) is 4.11. The molecule has 0 bridgehead atoms. The van der Waals surface area contributed by atoms with Crippen LogP contribution in [-0.2, 0) is 0 Å². The van der Waals surface area contributed by atoms with Crippen molar-refractivity contribution >= 4 is 5.78 Å². The first-order valence-electron chi connectivity index (χ1n) is 4.78. The minimum Gasteiger partial charge on any atom is -0.361 e. The third kappa shape index (κ3) is 1.97. The van der Waals surface area contributed by atoms with Gasteiger partial charge in [-0.05, 0) is 17.7 Å². The van der Waals surface area contributed by atoms with Crippen molar-refractivity contribution in [3.8, 4) is 11.3 Å². The molecule has 0 unspecified atom stereocenters. The normalized spacial score (nSPS) is 10.2. The molecule has 1 aromatic heterocycles. The van der Waals surface area contributed by atoms with Gasteiger partial charge in [0.2, 0.25) is 0 Å². The number of carbonyl (C=O) groups is 1. The Labute approximate surface area is 87.9 Å². The summed E-state index contributed by atoms with van der Waals surface area (Å²) in [6.45, 7) is 0.0574. The maximum atomic E-state index is 11.3. The lowest BCUT2D eigenvalue weighted by Gasteiger charge is -2.00. The summed E-state index contributed by atoms with van der Waals surface area (Å²) in [5.74, 6) is -0.0342. The molecule has 0 spiro atoms. The molecule has 3 heteroatoms. The molecule has 0 atom stereocenters. The average Bonchev–Trinajstić information content (AvgIpc) is 2.82. The maximum absolute atomic E-state index is 11.3. The second-order valence-electron chi connectivity index (χ2n) is 3.29. The molecule has 0 amide bonds. The van der Waals surface area contributed by atoms with Crippen molar-refractivity contribution in [1.82, 2.24) is 4.98 Å².